The number of hydrogen-bond acceptors (Lipinski definition) is 5. The summed E-state index contributed by atoms with van der Waals surface area (Å²) in [6.07, 6.45) is 3.04. The van der Waals surface area contributed by atoms with Gasteiger partial charge in [0.1, 0.15) is 12.3 Å². The van der Waals surface area contributed by atoms with Gasteiger partial charge in [0.15, 0.2) is 0 Å². The predicted molar refractivity (Wildman–Crippen MR) is 152 cm³/mol. The molecule has 2 unspecified atom stereocenters. The van der Waals surface area contributed by atoms with Gasteiger partial charge in [-0.3, -0.25) is 14.4 Å². The van der Waals surface area contributed by atoms with Crippen LogP contribution < -0.4 is 21.3 Å². The summed E-state index contributed by atoms with van der Waals surface area (Å²) in [4.78, 5) is 50.7. The van der Waals surface area contributed by atoms with Gasteiger partial charge in [-0.25, -0.2) is 0 Å². The smallest absolute Gasteiger partial charge is 0.243 e. The first-order valence-corrected chi connectivity index (χ1v) is 13.8. The van der Waals surface area contributed by atoms with Crippen molar-refractivity contribution in [1.29, 1.82) is 0 Å². The highest BCUT2D eigenvalue weighted by molar-refractivity contribution is 5.92. The highest BCUT2D eigenvalue weighted by Gasteiger charge is 2.36. The molecule has 0 aliphatic heterocycles. The topological polar surface area (TPSA) is 116 Å². The lowest BCUT2D eigenvalue weighted by atomic mass is 9.75. The maximum absolute atomic E-state index is 13.2. The number of rotatable bonds is 17. The van der Waals surface area contributed by atoms with Crippen LogP contribution in [0.15, 0.2) is 30.3 Å². The molecule has 8 heteroatoms. The third-order valence-electron chi connectivity index (χ3n) is 6.92. The molecule has 0 fully saturated rings. The van der Waals surface area contributed by atoms with E-state index in [1.54, 1.807) is 27.7 Å². The van der Waals surface area contributed by atoms with Crippen LogP contribution in [0.4, 0.5) is 0 Å². The van der Waals surface area contributed by atoms with Crippen molar-refractivity contribution in [2.24, 2.45) is 16.7 Å². The minimum absolute atomic E-state index is 0.182. The summed E-state index contributed by atoms with van der Waals surface area (Å²) in [6.45, 7) is 17.0. The van der Waals surface area contributed by atoms with Crippen LogP contribution in [0.5, 0.6) is 0 Å². The fourth-order valence-electron chi connectivity index (χ4n) is 4.86. The Bertz CT molecular complexity index is 916. The van der Waals surface area contributed by atoms with E-state index in [2.05, 4.69) is 35.1 Å². The minimum atomic E-state index is -0.872. The number of hydrogen-bond donors (Lipinski definition) is 4. The van der Waals surface area contributed by atoms with Crippen LogP contribution in [-0.2, 0) is 25.6 Å². The Balaban J connectivity index is 2.90. The van der Waals surface area contributed by atoms with Crippen LogP contribution in [-0.4, -0.2) is 55.2 Å². The van der Waals surface area contributed by atoms with E-state index in [0.29, 0.717) is 12.3 Å². The highest BCUT2D eigenvalue weighted by atomic mass is 16.2. The zero-order valence-corrected chi connectivity index (χ0v) is 24.7. The van der Waals surface area contributed by atoms with Crippen molar-refractivity contribution in [2.75, 3.05) is 19.6 Å². The van der Waals surface area contributed by atoms with Crippen molar-refractivity contribution in [1.82, 2.24) is 21.3 Å². The summed E-state index contributed by atoms with van der Waals surface area (Å²) in [6, 6.07) is 8.55. The Labute approximate surface area is 229 Å². The first-order chi connectivity index (χ1) is 17.7. The number of amides is 3. The lowest BCUT2D eigenvalue weighted by Gasteiger charge is -2.33. The SMILES string of the molecule is CCNCC(C)CC(C)(CC)NC(=O)CNC(=O)[C@H](Cc1ccccc1)NC(=O)C(C)(C)CC(C)(C)C=O. The number of aldehydes is 1. The molecule has 3 atom stereocenters. The van der Waals surface area contributed by atoms with E-state index in [1.165, 1.54) is 0 Å². The van der Waals surface area contributed by atoms with E-state index in [0.717, 1.165) is 37.8 Å². The van der Waals surface area contributed by atoms with E-state index in [4.69, 9.17) is 0 Å². The van der Waals surface area contributed by atoms with E-state index in [-0.39, 0.29) is 30.3 Å². The van der Waals surface area contributed by atoms with E-state index in [1.807, 2.05) is 44.2 Å². The van der Waals surface area contributed by atoms with Crippen molar-refractivity contribution >= 4 is 24.0 Å². The molecule has 0 aliphatic rings. The average molecular weight is 531 g/mol. The fourth-order valence-corrected chi connectivity index (χ4v) is 4.86. The highest BCUT2D eigenvalue weighted by Crippen LogP contribution is 2.32. The van der Waals surface area contributed by atoms with Gasteiger partial charge in [-0.1, -0.05) is 78.8 Å². The number of carbonyl (C=O) groups excluding carboxylic acids is 4. The molecule has 0 bridgehead atoms. The molecule has 1 rings (SSSR count). The molecule has 0 aromatic heterocycles. The van der Waals surface area contributed by atoms with Gasteiger partial charge in [0, 0.05) is 22.8 Å². The van der Waals surface area contributed by atoms with Crippen molar-refractivity contribution in [2.45, 2.75) is 92.7 Å². The molecule has 1 aromatic carbocycles. The van der Waals surface area contributed by atoms with Crippen molar-refractivity contribution in [3.63, 3.8) is 0 Å². The minimum Gasteiger partial charge on any atom is -0.349 e. The van der Waals surface area contributed by atoms with Gasteiger partial charge in [-0.2, -0.15) is 0 Å². The fraction of sp³-hybridized carbons (Fsp3) is 0.667. The maximum atomic E-state index is 13.2. The second-order valence-corrected chi connectivity index (χ2v) is 12.2. The molecule has 0 radical (unpaired) electrons. The summed E-state index contributed by atoms with van der Waals surface area (Å²) in [5.41, 5.74) is -1.05. The quantitative estimate of drug-likeness (QED) is 0.230. The first kappa shape index (κ1) is 33.3. The summed E-state index contributed by atoms with van der Waals surface area (Å²) < 4.78 is 0. The molecular formula is C30H50N4O4. The summed E-state index contributed by atoms with van der Waals surface area (Å²) in [7, 11) is 0. The monoisotopic (exact) mass is 530 g/mol. The van der Waals surface area contributed by atoms with Gasteiger partial charge in [-0.15, -0.1) is 0 Å². The standard InChI is InChI=1S/C30H50N4O4/c1-9-30(8,17-22(3)18-31-10-2)34-25(36)19-32-26(37)24(16-23-14-12-11-13-15-23)33-27(38)29(6,7)20-28(4,5)21-35/h11-15,21-22,24,31H,9-10,16-20H2,1-8H3,(H,32,37)(H,33,38)(H,34,36)/t22?,24-,30?/m0/s1. The van der Waals surface area contributed by atoms with Crippen LogP contribution in [0.2, 0.25) is 0 Å². The number of nitrogens with one attached hydrogen (secondary N) is 4. The van der Waals surface area contributed by atoms with Gasteiger partial charge >= 0.3 is 0 Å². The van der Waals surface area contributed by atoms with Gasteiger partial charge in [0.05, 0.1) is 6.54 Å². The summed E-state index contributed by atoms with van der Waals surface area (Å²) in [5.74, 6) is -0.633. The van der Waals surface area contributed by atoms with Gasteiger partial charge in [0.2, 0.25) is 17.7 Å². The van der Waals surface area contributed by atoms with Crippen LogP contribution in [0, 0.1) is 16.7 Å². The van der Waals surface area contributed by atoms with Crippen molar-refractivity contribution in [3.05, 3.63) is 35.9 Å². The molecule has 0 saturated carbocycles. The Kier molecular flexibility index (Phi) is 13.1. The van der Waals surface area contributed by atoms with Crippen LogP contribution in [0.3, 0.4) is 0 Å². The molecule has 3 amide bonds. The normalized spacial score (nSPS) is 15.1. The Hall–Kier alpha value is -2.74. The Morgan fingerprint density at radius 3 is 2.18 bits per heavy atom. The van der Waals surface area contributed by atoms with E-state index >= 15 is 0 Å². The summed E-state index contributed by atoms with van der Waals surface area (Å²) in [5, 5.41) is 12.0. The second kappa shape index (κ2) is 15.0. The predicted octanol–water partition coefficient (Wildman–Crippen LogP) is 3.39. The molecule has 1 aromatic rings. The average Bonchev–Trinajstić information content (AvgIpc) is 2.85. The molecule has 8 nitrogen and oxygen atoms in total. The van der Waals surface area contributed by atoms with Crippen molar-refractivity contribution in [3.8, 4) is 0 Å². The Morgan fingerprint density at radius 1 is 1.00 bits per heavy atom. The molecule has 38 heavy (non-hydrogen) atoms. The summed E-state index contributed by atoms with van der Waals surface area (Å²) >= 11 is 0. The zero-order chi connectivity index (χ0) is 29.0. The molecular weight excluding hydrogens is 480 g/mol. The lowest BCUT2D eigenvalue weighted by Crippen LogP contribution is -2.55. The van der Waals surface area contributed by atoms with Crippen LogP contribution >= 0.6 is 0 Å². The van der Waals surface area contributed by atoms with E-state index in [9.17, 15) is 19.2 Å². The molecule has 0 saturated heterocycles. The van der Waals surface area contributed by atoms with Gasteiger partial charge in [-0.05, 0) is 50.8 Å². The largest absolute Gasteiger partial charge is 0.349 e. The third kappa shape index (κ3) is 11.8. The van der Waals surface area contributed by atoms with Gasteiger partial charge < -0.3 is 26.1 Å². The molecule has 214 valence electrons. The Morgan fingerprint density at radius 2 is 1.63 bits per heavy atom. The maximum Gasteiger partial charge on any atom is 0.243 e. The lowest BCUT2D eigenvalue weighted by molar-refractivity contribution is -0.136. The van der Waals surface area contributed by atoms with Gasteiger partial charge in [0.25, 0.3) is 0 Å². The van der Waals surface area contributed by atoms with E-state index < -0.39 is 22.8 Å². The number of carbonyl (C=O) groups is 4. The van der Waals surface area contributed by atoms with Crippen LogP contribution in [0.25, 0.3) is 0 Å². The molecule has 4 N–H and O–H groups in total. The van der Waals surface area contributed by atoms with Crippen LogP contribution in [0.1, 0.15) is 80.2 Å². The zero-order valence-electron chi connectivity index (χ0n) is 24.7. The molecule has 0 spiro atoms. The third-order valence-corrected chi connectivity index (χ3v) is 6.92. The van der Waals surface area contributed by atoms with Crippen molar-refractivity contribution < 1.29 is 19.2 Å². The first-order valence-electron chi connectivity index (χ1n) is 13.8. The second-order valence-electron chi connectivity index (χ2n) is 12.2. The number of benzene rings is 1. The molecule has 0 heterocycles. The molecule has 0 aliphatic carbocycles.